The van der Waals surface area contributed by atoms with Crippen molar-refractivity contribution in [1.82, 2.24) is 10.6 Å². The van der Waals surface area contributed by atoms with Gasteiger partial charge in [0.1, 0.15) is 5.82 Å². The third-order valence-electron chi connectivity index (χ3n) is 5.50. The van der Waals surface area contributed by atoms with Crippen molar-refractivity contribution in [2.24, 2.45) is 17.8 Å². The number of benzene rings is 1. The average Bonchev–Trinajstić information content (AvgIpc) is 3.16. The van der Waals surface area contributed by atoms with Gasteiger partial charge in [0, 0.05) is 12.6 Å². The fourth-order valence-electron chi connectivity index (χ4n) is 4.26. The van der Waals surface area contributed by atoms with E-state index in [1.54, 1.807) is 0 Å². The van der Waals surface area contributed by atoms with E-state index in [1.165, 1.54) is 49.9 Å². The minimum Gasteiger partial charge on any atom is -0.387 e. The van der Waals surface area contributed by atoms with Gasteiger partial charge in [-0.2, -0.15) is 0 Å². The molecule has 0 aromatic heterocycles. The number of fused-ring (bicyclic) bond motifs is 2. The maximum atomic E-state index is 12.9. The maximum absolute atomic E-state index is 12.9. The molecule has 2 aliphatic carbocycles. The smallest absolute Gasteiger partial charge is 0.315 e. The van der Waals surface area contributed by atoms with Gasteiger partial charge < -0.3 is 15.7 Å². The molecule has 0 saturated heterocycles. The van der Waals surface area contributed by atoms with E-state index in [1.807, 2.05) is 0 Å². The monoisotopic (exact) mass is 320 g/mol. The Hall–Kier alpha value is -1.62. The van der Waals surface area contributed by atoms with Gasteiger partial charge in [-0.1, -0.05) is 18.6 Å². The predicted octanol–water partition coefficient (Wildman–Crippen LogP) is 2.98. The van der Waals surface area contributed by atoms with Crippen LogP contribution in [0.5, 0.6) is 0 Å². The lowest BCUT2D eigenvalue weighted by Gasteiger charge is -2.28. The first kappa shape index (κ1) is 16.2. The molecule has 1 aromatic rings. The number of aliphatic hydroxyl groups excluding tert-OH is 1. The summed E-state index contributed by atoms with van der Waals surface area (Å²) in [5.41, 5.74) is 0.591. The second-order valence-corrected chi connectivity index (χ2v) is 7.05. The summed E-state index contributed by atoms with van der Waals surface area (Å²) in [5.74, 6) is 1.87. The van der Waals surface area contributed by atoms with Crippen LogP contribution < -0.4 is 10.6 Å². The molecule has 0 radical (unpaired) electrons. The third kappa shape index (κ3) is 3.83. The molecule has 5 unspecified atom stereocenters. The normalized spacial score (nSPS) is 28.4. The van der Waals surface area contributed by atoms with Crippen molar-refractivity contribution in [1.29, 1.82) is 0 Å². The Balaban J connectivity index is 1.43. The lowest BCUT2D eigenvalue weighted by atomic mass is 9.84. The largest absolute Gasteiger partial charge is 0.387 e. The summed E-state index contributed by atoms with van der Waals surface area (Å²) in [6.07, 6.45) is 4.36. The molecule has 0 spiro atoms. The van der Waals surface area contributed by atoms with Crippen LogP contribution in [0.2, 0.25) is 0 Å². The zero-order valence-electron chi connectivity index (χ0n) is 13.5. The number of carbonyl (C=O) groups is 1. The van der Waals surface area contributed by atoms with Crippen molar-refractivity contribution in [2.75, 3.05) is 6.54 Å². The second kappa shape index (κ2) is 6.87. The van der Waals surface area contributed by atoms with E-state index in [9.17, 15) is 14.3 Å². The van der Waals surface area contributed by atoms with Gasteiger partial charge in [-0.05, 0) is 61.6 Å². The molecular formula is C18H25FN2O2. The predicted molar refractivity (Wildman–Crippen MR) is 86.3 cm³/mol. The molecule has 0 aliphatic heterocycles. The van der Waals surface area contributed by atoms with E-state index in [2.05, 4.69) is 17.6 Å². The lowest BCUT2D eigenvalue weighted by molar-refractivity contribution is 0.170. The number of nitrogens with one attached hydrogen (secondary N) is 2. The number of hydrogen-bond acceptors (Lipinski definition) is 2. The molecule has 2 saturated carbocycles. The Morgan fingerprint density at radius 1 is 1.30 bits per heavy atom. The quantitative estimate of drug-likeness (QED) is 0.781. The molecule has 4 nitrogen and oxygen atoms in total. The fourth-order valence-corrected chi connectivity index (χ4v) is 4.26. The first-order valence-corrected chi connectivity index (χ1v) is 8.51. The average molecular weight is 320 g/mol. The fraction of sp³-hybridized carbons (Fsp3) is 0.611. The van der Waals surface area contributed by atoms with Crippen LogP contribution in [0.1, 0.15) is 44.3 Å². The van der Waals surface area contributed by atoms with Gasteiger partial charge in [-0.3, -0.25) is 0 Å². The molecule has 5 atom stereocenters. The molecule has 2 amide bonds. The Bertz CT molecular complexity index is 548. The molecule has 3 rings (SSSR count). The maximum Gasteiger partial charge on any atom is 0.315 e. The van der Waals surface area contributed by atoms with Gasteiger partial charge in [0.15, 0.2) is 0 Å². The molecule has 126 valence electrons. The molecule has 3 N–H and O–H groups in total. The van der Waals surface area contributed by atoms with E-state index in [-0.39, 0.29) is 24.4 Å². The van der Waals surface area contributed by atoms with Crippen LogP contribution in [0.25, 0.3) is 0 Å². The van der Waals surface area contributed by atoms with E-state index < -0.39 is 6.10 Å². The number of aliphatic hydroxyl groups is 1. The SMILES string of the molecule is CC(NC(=O)NCC(O)c1ccc(F)cc1)C1CC2CCC1C2. The first-order chi connectivity index (χ1) is 11.0. The van der Waals surface area contributed by atoms with Crippen LogP contribution in [-0.2, 0) is 0 Å². The van der Waals surface area contributed by atoms with Crippen molar-refractivity contribution < 1.29 is 14.3 Å². The van der Waals surface area contributed by atoms with Crippen LogP contribution in [0, 0.1) is 23.6 Å². The molecule has 2 bridgehead atoms. The van der Waals surface area contributed by atoms with Gasteiger partial charge in [0.2, 0.25) is 0 Å². The molecule has 2 fully saturated rings. The minimum atomic E-state index is -0.834. The molecule has 23 heavy (non-hydrogen) atoms. The standard InChI is InChI=1S/C18H25FN2O2/c1-11(16-9-12-2-3-14(16)8-12)21-18(23)20-10-17(22)13-4-6-15(19)7-5-13/h4-7,11-12,14,16-17,22H,2-3,8-10H2,1H3,(H2,20,21,23). The van der Waals surface area contributed by atoms with Crippen molar-refractivity contribution >= 4 is 6.03 Å². The Labute approximate surface area is 136 Å². The van der Waals surface area contributed by atoms with Crippen LogP contribution >= 0.6 is 0 Å². The highest BCUT2D eigenvalue weighted by atomic mass is 19.1. The molecular weight excluding hydrogens is 295 g/mol. The van der Waals surface area contributed by atoms with Crippen molar-refractivity contribution in [3.63, 3.8) is 0 Å². The summed E-state index contributed by atoms with van der Waals surface area (Å²) >= 11 is 0. The van der Waals surface area contributed by atoms with Crippen molar-refractivity contribution in [2.45, 2.75) is 44.8 Å². The molecule has 5 heteroatoms. The number of rotatable bonds is 5. The topological polar surface area (TPSA) is 61.4 Å². The van der Waals surface area contributed by atoms with Gasteiger partial charge in [0.05, 0.1) is 6.10 Å². The Morgan fingerprint density at radius 2 is 2.04 bits per heavy atom. The van der Waals surface area contributed by atoms with Gasteiger partial charge in [-0.15, -0.1) is 0 Å². The lowest BCUT2D eigenvalue weighted by Crippen LogP contribution is -2.46. The number of amides is 2. The van der Waals surface area contributed by atoms with Crippen LogP contribution in [0.3, 0.4) is 0 Å². The summed E-state index contributed by atoms with van der Waals surface area (Å²) < 4.78 is 12.9. The highest BCUT2D eigenvalue weighted by molar-refractivity contribution is 5.74. The molecule has 0 heterocycles. The number of carbonyl (C=O) groups excluding carboxylic acids is 1. The highest BCUT2D eigenvalue weighted by Crippen LogP contribution is 2.49. The Morgan fingerprint density at radius 3 is 2.65 bits per heavy atom. The number of urea groups is 1. The van der Waals surface area contributed by atoms with Gasteiger partial charge in [-0.25, -0.2) is 9.18 Å². The molecule has 1 aromatic carbocycles. The number of hydrogen-bond donors (Lipinski definition) is 3. The first-order valence-electron chi connectivity index (χ1n) is 8.51. The number of halogens is 1. The van der Waals surface area contributed by atoms with Gasteiger partial charge >= 0.3 is 6.03 Å². The zero-order chi connectivity index (χ0) is 16.4. The van der Waals surface area contributed by atoms with Crippen LogP contribution in [0.4, 0.5) is 9.18 Å². The van der Waals surface area contributed by atoms with Crippen LogP contribution in [0.15, 0.2) is 24.3 Å². The summed E-state index contributed by atoms with van der Waals surface area (Å²) in [7, 11) is 0. The van der Waals surface area contributed by atoms with Crippen LogP contribution in [-0.4, -0.2) is 23.7 Å². The van der Waals surface area contributed by atoms with Crippen molar-refractivity contribution in [3.8, 4) is 0 Å². The van der Waals surface area contributed by atoms with E-state index in [0.717, 1.165) is 11.8 Å². The summed E-state index contributed by atoms with van der Waals surface area (Å²) in [6.45, 7) is 2.18. The highest BCUT2D eigenvalue weighted by Gasteiger charge is 2.42. The summed E-state index contributed by atoms with van der Waals surface area (Å²) in [6, 6.07) is 5.57. The summed E-state index contributed by atoms with van der Waals surface area (Å²) in [4.78, 5) is 12.0. The van der Waals surface area contributed by atoms with Crippen molar-refractivity contribution in [3.05, 3.63) is 35.6 Å². The Kier molecular flexibility index (Phi) is 4.85. The second-order valence-electron chi connectivity index (χ2n) is 7.05. The minimum absolute atomic E-state index is 0.112. The zero-order valence-corrected chi connectivity index (χ0v) is 13.5. The van der Waals surface area contributed by atoms with Gasteiger partial charge in [0.25, 0.3) is 0 Å². The van der Waals surface area contributed by atoms with E-state index in [0.29, 0.717) is 11.5 Å². The van der Waals surface area contributed by atoms with E-state index >= 15 is 0 Å². The third-order valence-corrected chi connectivity index (χ3v) is 5.50. The molecule has 2 aliphatic rings. The summed E-state index contributed by atoms with van der Waals surface area (Å²) in [5, 5.41) is 15.7. The van der Waals surface area contributed by atoms with E-state index in [4.69, 9.17) is 0 Å².